The van der Waals surface area contributed by atoms with E-state index < -0.39 is 0 Å². The Hall–Kier alpha value is -0.670. The molecule has 2 nitrogen and oxygen atoms in total. The molecule has 17 heavy (non-hydrogen) atoms. The van der Waals surface area contributed by atoms with Crippen LogP contribution in [0.4, 0.5) is 5.69 Å². The third-order valence-corrected chi connectivity index (χ3v) is 4.44. The van der Waals surface area contributed by atoms with Crippen LogP contribution in [0.15, 0.2) is 18.2 Å². The smallest absolute Gasteiger partial charge is 0.0412 e. The molecule has 0 amide bonds. The lowest BCUT2D eigenvalue weighted by atomic mass is 10.1. The van der Waals surface area contributed by atoms with Crippen molar-refractivity contribution in [1.82, 2.24) is 0 Å². The fourth-order valence-corrected chi connectivity index (χ4v) is 3.89. The maximum absolute atomic E-state index is 5.86. The van der Waals surface area contributed by atoms with E-state index in [2.05, 4.69) is 55.6 Å². The first-order valence-corrected chi connectivity index (χ1v) is 7.24. The van der Waals surface area contributed by atoms with Crippen molar-refractivity contribution in [2.75, 3.05) is 18.0 Å². The lowest BCUT2D eigenvalue weighted by Gasteiger charge is -2.37. The predicted molar refractivity (Wildman–Crippen MR) is 77.8 cm³/mol. The number of rotatable bonds is 2. The molecule has 1 aliphatic heterocycles. The highest BCUT2D eigenvalue weighted by atomic mass is 32.2. The minimum atomic E-state index is 0.628. The molecule has 1 aromatic carbocycles. The van der Waals surface area contributed by atoms with Gasteiger partial charge in [-0.1, -0.05) is 31.5 Å². The molecule has 2 N–H and O–H groups in total. The van der Waals surface area contributed by atoms with Crippen LogP contribution in [0.5, 0.6) is 0 Å². The van der Waals surface area contributed by atoms with Crippen molar-refractivity contribution >= 4 is 17.4 Å². The van der Waals surface area contributed by atoms with Crippen LogP contribution in [-0.4, -0.2) is 23.6 Å². The number of benzene rings is 1. The first-order chi connectivity index (χ1) is 8.10. The van der Waals surface area contributed by atoms with Gasteiger partial charge in [0.15, 0.2) is 0 Å². The SMILES string of the molecule is Cc1ccc(N2CC(C)SC(C)C2)c(CN)c1. The fourth-order valence-electron chi connectivity index (χ4n) is 2.56. The highest BCUT2D eigenvalue weighted by Crippen LogP contribution is 2.30. The van der Waals surface area contributed by atoms with Gasteiger partial charge in [-0.15, -0.1) is 0 Å². The Kier molecular flexibility index (Phi) is 4.00. The van der Waals surface area contributed by atoms with Crippen LogP contribution in [-0.2, 0) is 6.54 Å². The summed E-state index contributed by atoms with van der Waals surface area (Å²) in [6.07, 6.45) is 0. The zero-order valence-electron chi connectivity index (χ0n) is 10.9. The minimum absolute atomic E-state index is 0.628. The number of nitrogens with two attached hydrogens (primary N) is 1. The molecule has 0 radical (unpaired) electrons. The molecule has 0 aliphatic carbocycles. The van der Waals surface area contributed by atoms with Crippen LogP contribution in [0.25, 0.3) is 0 Å². The zero-order chi connectivity index (χ0) is 12.4. The van der Waals surface area contributed by atoms with E-state index in [4.69, 9.17) is 5.73 Å². The maximum atomic E-state index is 5.86. The molecule has 1 aliphatic rings. The largest absolute Gasteiger partial charge is 0.369 e. The molecular weight excluding hydrogens is 228 g/mol. The van der Waals surface area contributed by atoms with Gasteiger partial charge in [0, 0.05) is 35.8 Å². The topological polar surface area (TPSA) is 29.3 Å². The molecule has 0 saturated carbocycles. The van der Waals surface area contributed by atoms with E-state index in [9.17, 15) is 0 Å². The van der Waals surface area contributed by atoms with Crippen LogP contribution in [0, 0.1) is 6.92 Å². The third-order valence-electron chi connectivity index (χ3n) is 3.22. The van der Waals surface area contributed by atoms with Gasteiger partial charge in [0.1, 0.15) is 0 Å². The summed E-state index contributed by atoms with van der Waals surface area (Å²) in [5, 5.41) is 1.40. The summed E-state index contributed by atoms with van der Waals surface area (Å²) in [4.78, 5) is 2.49. The second-order valence-corrected chi connectivity index (χ2v) is 6.88. The number of nitrogens with zero attached hydrogens (tertiary/aromatic N) is 1. The summed E-state index contributed by atoms with van der Waals surface area (Å²) in [5.74, 6) is 0. The number of aryl methyl sites for hydroxylation is 1. The quantitative estimate of drug-likeness (QED) is 0.875. The van der Waals surface area contributed by atoms with Crippen LogP contribution in [0.2, 0.25) is 0 Å². The third kappa shape index (κ3) is 2.96. The van der Waals surface area contributed by atoms with E-state index in [0.29, 0.717) is 17.0 Å². The van der Waals surface area contributed by atoms with Gasteiger partial charge in [0.25, 0.3) is 0 Å². The Morgan fingerprint density at radius 3 is 2.53 bits per heavy atom. The van der Waals surface area contributed by atoms with E-state index in [1.807, 2.05) is 0 Å². The molecule has 0 aromatic heterocycles. The highest BCUT2D eigenvalue weighted by molar-refractivity contribution is 8.00. The van der Waals surface area contributed by atoms with Crippen molar-refractivity contribution < 1.29 is 0 Å². The molecule has 1 heterocycles. The summed E-state index contributed by atoms with van der Waals surface area (Å²) in [5.41, 5.74) is 9.76. The van der Waals surface area contributed by atoms with Crippen molar-refractivity contribution in [3.05, 3.63) is 29.3 Å². The Balaban J connectivity index is 2.26. The predicted octanol–water partition coefficient (Wildman–Crippen LogP) is 2.78. The lowest BCUT2D eigenvalue weighted by molar-refractivity contribution is 0.724. The molecule has 94 valence electrons. The minimum Gasteiger partial charge on any atom is -0.369 e. The van der Waals surface area contributed by atoms with Crippen LogP contribution < -0.4 is 10.6 Å². The summed E-state index contributed by atoms with van der Waals surface area (Å²) in [6.45, 7) is 9.63. The van der Waals surface area contributed by atoms with Gasteiger partial charge in [-0.2, -0.15) is 11.8 Å². The van der Waals surface area contributed by atoms with Crippen molar-refractivity contribution in [3.63, 3.8) is 0 Å². The molecule has 1 saturated heterocycles. The summed E-state index contributed by atoms with van der Waals surface area (Å²) < 4.78 is 0. The summed E-state index contributed by atoms with van der Waals surface area (Å²) in [7, 11) is 0. The highest BCUT2D eigenvalue weighted by Gasteiger charge is 2.23. The summed E-state index contributed by atoms with van der Waals surface area (Å²) >= 11 is 2.08. The maximum Gasteiger partial charge on any atom is 0.0412 e. The van der Waals surface area contributed by atoms with Crippen molar-refractivity contribution in [2.24, 2.45) is 5.73 Å². The Morgan fingerprint density at radius 1 is 1.29 bits per heavy atom. The van der Waals surface area contributed by atoms with Gasteiger partial charge < -0.3 is 10.6 Å². The number of hydrogen-bond donors (Lipinski definition) is 1. The molecule has 3 heteroatoms. The van der Waals surface area contributed by atoms with E-state index in [0.717, 1.165) is 13.1 Å². The molecule has 0 bridgehead atoms. The van der Waals surface area contributed by atoms with E-state index >= 15 is 0 Å². The Morgan fingerprint density at radius 2 is 1.94 bits per heavy atom. The van der Waals surface area contributed by atoms with E-state index in [1.165, 1.54) is 16.8 Å². The zero-order valence-corrected chi connectivity index (χ0v) is 11.8. The van der Waals surface area contributed by atoms with Gasteiger partial charge in [-0.05, 0) is 18.6 Å². The van der Waals surface area contributed by atoms with Crippen molar-refractivity contribution in [3.8, 4) is 0 Å². The average molecular weight is 250 g/mol. The second-order valence-electron chi connectivity index (χ2n) is 5.00. The first-order valence-electron chi connectivity index (χ1n) is 6.30. The molecule has 2 rings (SSSR count). The van der Waals surface area contributed by atoms with E-state index in [-0.39, 0.29) is 0 Å². The number of anilines is 1. The summed E-state index contributed by atoms with van der Waals surface area (Å²) in [6, 6.07) is 6.63. The average Bonchev–Trinajstić information content (AvgIpc) is 2.27. The normalized spacial score (nSPS) is 25.1. The molecule has 1 aromatic rings. The van der Waals surface area contributed by atoms with Crippen LogP contribution in [0.1, 0.15) is 25.0 Å². The monoisotopic (exact) mass is 250 g/mol. The molecular formula is C14H22N2S. The standard InChI is InChI=1S/C14H22N2S/c1-10-4-5-14(13(6-10)7-15)16-8-11(2)17-12(3)9-16/h4-6,11-12H,7-9,15H2,1-3H3. The van der Waals surface area contributed by atoms with Gasteiger partial charge in [-0.3, -0.25) is 0 Å². The van der Waals surface area contributed by atoms with Gasteiger partial charge in [0.05, 0.1) is 0 Å². The van der Waals surface area contributed by atoms with Gasteiger partial charge >= 0.3 is 0 Å². The number of thioether (sulfide) groups is 1. The second kappa shape index (κ2) is 5.32. The lowest BCUT2D eigenvalue weighted by Crippen LogP contribution is -2.41. The van der Waals surface area contributed by atoms with Gasteiger partial charge in [0.2, 0.25) is 0 Å². The van der Waals surface area contributed by atoms with Crippen LogP contribution in [0.3, 0.4) is 0 Å². The molecule has 2 atom stereocenters. The van der Waals surface area contributed by atoms with Crippen molar-refractivity contribution in [2.45, 2.75) is 37.8 Å². The first kappa shape index (κ1) is 12.8. The van der Waals surface area contributed by atoms with E-state index in [1.54, 1.807) is 0 Å². The molecule has 1 fully saturated rings. The molecule has 0 spiro atoms. The fraction of sp³-hybridized carbons (Fsp3) is 0.571. The Labute approximate surface area is 109 Å². The molecule has 2 unspecified atom stereocenters. The van der Waals surface area contributed by atoms with Crippen molar-refractivity contribution in [1.29, 1.82) is 0 Å². The van der Waals surface area contributed by atoms with Crippen LogP contribution >= 0.6 is 11.8 Å². The van der Waals surface area contributed by atoms with Gasteiger partial charge in [-0.25, -0.2) is 0 Å². The Bertz CT molecular complexity index is 382. The number of hydrogen-bond acceptors (Lipinski definition) is 3.